The Morgan fingerprint density at radius 2 is 1.76 bits per heavy atom. The fourth-order valence-corrected chi connectivity index (χ4v) is 3.57. The van der Waals surface area contributed by atoms with E-state index < -0.39 is 23.7 Å². The summed E-state index contributed by atoms with van der Waals surface area (Å²) in [6.07, 6.45) is 4.93. The SMILES string of the molecule is C\N=C(/C=C\C=N\N=N)C(=O)Nc1cc(CCCc2cc(C)c(C(=O)O)cc2F)c(OC)cc1C(=O)O. The number of nitrogens with zero attached hydrogens (tertiary/aromatic N) is 3. The second-order valence-electron chi connectivity index (χ2n) is 7.72. The van der Waals surface area contributed by atoms with Crippen LogP contribution in [-0.4, -0.2) is 54.1 Å². The number of carboxylic acid groups (broad SMARTS) is 2. The molecule has 0 bridgehead atoms. The van der Waals surface area contributed by atoms with Crippen molar-refractivity contribution in [2.24, 2.45) is 15.3 Å². The van der Waals surface area contributed by atoms with E-state index in [1.54, 1.807) is 6.92 Å². The molecule has 0 unspecified atom stereocenters. The lowest BCUT2D eigenvalue weighted by molar-refractivity contribution is -0.110. The van der Waals surface area contributed by atoms with Crippen LogP contribution in [0.15, 0.2) is 51.7 Å². The number of allylic oxidation sites excluding steroid dienone is 1. The van der Waals surface area contributed by atoms with Crippen LogP contribution in [0, 0.1) is 18.3 Å². The van der Waals surface area contributed by atoms with E-state index in [0.29, 0.717) is 36.0 Å². The topological polar surface area (TPSA) is 174 Å². The monoisotopic (exact) mass is 511 g/mol. The zero-order chi connectivity index (χ0) is 27.5. The highest BCUT2D eigenvalue weighted by atomic mass is 19.1. The standard InChI is InChI=1S/C25H26FN5O6/c1-14-10-15(19(26)12-17(14)24(33)34)6-4-7-16-11-21(18(25(35)36)13-22(16)37-3)30-23(32)20(28-2)8-5-9-29-31-27/h5,8-13,27H,4,6-7H2,1-3H3,(H,30,32)(H,33,34)(H,35,36)/b8-5-,28-20+,29-9+,31-27?. The average molecular weight is 512 g/mol. The Morgan fingerprint density at radius 3 is 2.35 bits per heavy atom. The Morgan fingerprint density at radius 1 is 1.08 bits per heavy atom. The summed E-state index contributed by atoms with van der Waals surface area (Å²) in [7, 11) is 2.76. The number of aryl methyl sites for hydroxylation is 3. The van der Waals surface area contributed by atoms with E-state index in [-0.39, 0.29) is 28.3 Å². The fraction of sp³-hybridized carbons (Fsp3) is 0.240. The molecule has 0 heterocycles. The van der Waals surface area contributed by atoms with Gasteiger partial charge in [-0.05, 0) is 73.2 Å². The van der Waals surface area contributed by atoms with E-state index in [0.717, 1.165) is 6.07 Å². The van der Waals surface area contributed by atoms with Crippen LogP contribution in [0.2, 0.25) is 0 Å². The molecule has 0 atom stereocenters. The number of rotatable bonds is 12. The van der Waals surface area contributed by atoms with E-state index in [4.69, 9.17) is 15.4 Å². The van der Waals surface area contributed by atoms with Crippen molar-refractivity contribution in [2.75, 3.05) is 19.5 Å². The molecule has 0 aliphatic heterocycles. The van der Waals surface area contributed by atoms with Crippen LogP contribution in [0.5, 0.6) is 5.75 Å². The molecular formula is C25H26FN5O6. The van der Waals surface area contributed by atoms with Gasteiger partial charge in [0.05, 0.1) is 30.1 Å². The van der Waals surface area contributed by atoms with Gasteiger partial charge >= 0.3 is 11.9 Å². The third-order valence-electron chi connectivity index (χ3n) is 5.35. The lowest BCUT2D eigenvalue weighted by atomic mass is 9.98. The number of hydrogen-bond acceptors (Lipinski definition) is 7. The number of halogens is 1. The van der Waals surface area contributed by atoms with Crippen molar-refractivity contribution in [3.8, 4) is 5.75 Å². The van der Waals surface area contributed by atoms with Gasteiger partial charge in [-0.2, -0.15) is 5.53 Å². The molecule has 4 N–H and O–H groups in total. The Labute approximate surface area is 211 Å². The van der Waals surface area contributed by atoms with Crippen LogP contribution in [0.25, 0.3) is 0 Å². The van der Waals surface area contributed by atoms with E-state index in [2.05, 4.69) is 20.6 Å². The summed E-state index contributed by atoms with van der Waals surface area (Å²) in [4.78, 5) is 39.6. The molecule has 37 heavy (non-hydrogen) atoms. The van der Waals surface area contributed by atoms with E-state index in [1.165, 1.54) is 50.7 Å². The minimum atomic E-state index is -1.29. The molecule has 0 spiro atoms. The second-order valence-corrected chi connectivity index (χ2v) is 7.72. The zero-order valence-corrected chi connectivity index (χ0v) is 20.4. The minimum absolute atomic E-state index is 0.0190. The number of ether oxygens (including phenoxy) is 1. The number of carboxylic acids is 2. The number of aromatic carboxylic acids is 2. The highest BCUT2D eigenvalue weighted by Gasteiger charge is 2.19. The summed E-state index contributed by atoms with van der Waals surface area (Å²) in [5.74, 6) is -3.50. The van der Waals surface area contributed by atoms with Gasteiger partial charge < -0.3 is 20.3 Å². The third-order valence-corrected chi connectivity index (χ3v) is 5.35. The van der Waals surface area contributed by atoms with Crippen LogP contribution >= 0.6 is 0 Å². The molecule has 0 radical (unpaired) electrons. The molecule has 12 heteroatoms. The molecule has 2 aromatic rings. The first-order valence-corrected chi connectivity index (χ1v) is 10.9. The molecule has 0 fully saturated rings. The van der Waals surface area contributed by atoms with Gasteiger partial charge in [-0.3, -0.25) is 9.79 Å². The first-order chi connectivity index (χ1) is 17.6. The van der Waals surface area contributed by atoms with Crippen molar-refractivity contribution in [1.29, 1.82) is 5.53 Å². The molecule has 0 saturated carbocycles. The van der Waals surface area contributed by atoms with Crippen molar-refractivity contribution in [1.82, 2.24) is 0 Å². The Kier molecular flexibility index (Phi) is 10.3. The quantitative estimate of drug-likeness (QED) is 0.188. The zero-order valence-electron chi connectivity index (χ0n) is 20.4. The van der Waals surface area contributed by atoms with Crippen LogP contribution < -0.4 is 10.1 Å². The van der Waals surface area contributed by atoms with Crippen LogP contribution in [0.4, 0.5) is 10.1 Å². The van der Waals surface area contributed by atoms with E-state index >= 15 is 0 Å². The Bertz CT molecular complexity index is 1300. The Balaban J connectivity index is 2.29. The number of hydrogen-bond donors (Lipinski definition) is 4. The number of nitrogens with one attached hydrogen (secondary N) is 2. The predicted octanol–water partition coefficient (Wildman–Crippen LogP) is 4.30. The largest absolute Gasteiger partial charge is 0.496 e. The van der Waals surface area contributed by atoms with E-state index in [1.807, 2.05) is 0 Å². The van der Waals surface area contributed by atoms with Gasteiger partial charge in [-0.15, -0.1) is 5.10 Å². The number of carbonyl (C=O) groups is 3. The minimum Gasteiger partial charge on any atom is -0.496 e. The second kappa shape index (κ2) is 13.4. The van der Waals surface area contributed by atoms with Crippen molar-refractivity contribution < 1.29 is 33.7 Å². The number of carbonyl (C=O) groups excluding carboxylic acids is 1. The van der Waals surface area contributed by atoms with Crippen LogP contribution in [0.3, 0.4) is 0 Å². The number of anilines is 1. The number of benzene rings is 2. The summed E-state index contributed by atoms with van der Waals surface area (Å²) in [5.41, 5.74) is 7.67. The highest BCUT2D eigenvalue weighted by molar-refractivity contribution is 6.47. The molecule has 194 valence electrons. The molecule has 0 aliphatic carbocycles. The van der Waals surface area contributed by atoms with Gasteiger partial charge in [0.25, 0.3) is 5.91 Å². The van der Waals surface area contributed by atoms with Crippen LogP contribution in [0.1, 0.15) is 43.8 Å². The van der Waals surface area contributed by atoms with Gasteiger partial charge in [0, 0.05) is 7.05 Å². The van der Waals surface area contributed by atoms with E-state index in [9.17, 15) is 23.9 Å². The van der Waals surface area contributed by atoms with Gasteiger partial charge in [-0.1, -0.05) is 11.3 Å². The molecule has 0 aromatic heterocycles. The van der Waals surface area contributed by atoms with Gasteiger partial charge in [-0.25, -0.2) is 14.0 Å². The molecular weight excluding hydrogens is 485 g/mol. The number of aliphatic imine (C=N–C) groups is 1. The highest BCUT2D eigenvalue weighted by Crippen LogP contribution is 2.29. The first-order valence-electron chi connectivity index (χ1n) is 10.9. The average Bonchev–Trinajstić information content (AvgIpc) is 2.85. The van der Waals surface area contributed by atoms with Crippen molar-refractivity contribution in [3.05, 3.63) is 70.1 Å². The lowest BCUT2D eigenvalue weighted by Gasteiger charge is -2.15. The normalized spacial score (nSPS) is 11.6. The van der Waals surface area contributed by atoms with Crippen molar-refractivity contribution >= 4 is 35.5 Å². The predicted molar refractivity (Wildman–Crippen MR) is 135 cm³/mol. The molecule has 0 saturated heterocycles. The van der Waals surface area contributed by atoms with Crippen molar-refractivity contribution in [2.45, 2.75) is 26.2 Å². The first kappa shape index (κ1) is 28.5. The third kappa shape index (κ3) is 7.62. The van der Waals surface area contributed by atoms with Gasteiger partial charge in [0.1, 0.15) is 17.3 Å². The van der Waals surface area contributed by atoms with Crippen molar-refractivity contribution in [3.63, 3.8) is 0 Å². The summed E-state index contributed by atoms with van der Waals surface area (Å²) < 4.78 is 19.8. The number of amides is 1. The van der Waals surface area contributed by atoms with Crippen LogP contribution in [-0.2, 0) is 17.6 Å². The number of methoxy groups -OCH3 is 1. The summed E-state index contributed by atoms with van der Waals surface area (Å²) in [6.45, 7) is 1.59. The summed E-state index contributed by atoms with van der Waals surface area (Å²) in [5, 5.41) is 27.4. The maximum atomic E-state index is 14.4. The molecule has 2 aromatic carbocycles. The molecule has 1 amide bonds. The van der Waals surface area contributed by atoms with Gasteiger partial charge in [0.2, 0.25) is 0 Å². The fourth-order valence-electron chi connectivity index (χ4n) is 3.57. The molecule has 2 rings (SSSR count). The molecule has 0 aliphatic rings. The van der Waals surface area contributed by atoms with Gasteiger partial charge in [0.15, 0.2) is 0 Å². The maximum absolute atomic E-state index is 14.4. The lowest BCUT2D eigenvalue weighted by Crippen LogP contribution is -2.23. The molecule has 11 nitrogen and oxygen atoms in total. The maximum Gasteiger partial charge on any atom is 0.337 e. The smallest absolute Gasteiger partial charge is 0.337 e. The Hall–Kier alpha value is -4.74. The summed E-state index contributed by atoms with van der Waals surface area (Å²) in [6, 6.07) is 5.27. The summed E-state index contributed by atoms with van der Waals surface area (Å²) >= 11 is 0.